The molecule has 3 rings (SSSR count). The van der Waals surface area contributed by atoms with Crippen molar-refractivity contribution in [2.45, 2.75) is 25.8 Å². The highest BCUT2D eigenvalue weighted by Crippen LogP contribution is 2.31. The fourth-order valence-corrected chi connectivity index (χ4v) is 3.34. The summed E-state index contributed by atoms with van der Waals surface area (Å²) in [5.74, 6) is 2.25. The number of methoxy groups -OCH3 is 1. The quantitative estimate of drug-likeness (QED) is 0.321. The van der Waals surface area contributed by atoms with Crippen LogP contribution >= 0.6 is 22.6 Å². The molecule has 28 heavy (non-hydrogen) atoms. The highest BCUT2D eigenvalue weighted by molar-refractivity contribution is 14.1. The molecule has 1 aliphatic rings. The molecular weight excluding hydrogens is 473 g/mol. The van der Waals surface area contributed by atoms with Gasteiger partial charge in [0.15, 0.2) is 11.5 Å². The van der Waals surface area contributed by atoms with Gasteiger partial charge >= 0.3 is 0 Å². The monoisotopic (exact) mass is 497 g/mol. The van der Waals surface area contributed by atoms with E-state index in [1.807, 2.05) is 18.2 Å². The lowest BCUT2D eigenvalue weighted by Crippen LogP contribution is -2.22. The number of ether oxygens (including phenoxy) is 3. The number of carbonyl (C=O) groups excluding carboxylic acids is 1. The third-order valence-electron chi connectivity index (χ3n) is 4.67. The molecule has 8 heteroatoms. The summed E-state index contributed by atoms with van der Waals surface area (Å²) in [6, 6.07) is 5.80. The molecule has 1 saturated heterocycles. The minimum Gasteiger partial charge on any atom is -0.493 e. The van der Waals surface area contributed by atoms with Crippen molar-refractivity contribution in [3.05, 3.63) is 41.9 Å². The van der Waals surface area contributed by atoms with Crippen molar-refractivity contribution in [3.63, 3.8) is 0 Å². The van der Waals surface area contributed by atoms with Gasteiger partial charge in [-0.05, 0) is 49.4 Å². The van der Waals surface area contributed by atoms with Crippen LogP contribution in [0.1, 0.15) is 35.3 Å². The third kappa shape index (κ3) is 6.11. The Hall–Kier alpha value is -1.78. The van der Waals surface area contributed by atoms with E-state index in [1.165, 1.54) is 18.8 Å². The average molecular weight is 497 g/mol. The van der Waals surface area contributed by atoms with Gasteiger partial charge in [-0.15, -0.1) is 0 Å². The van der Waals surface area contributed by atoms with Gasteiger partial charge in [0, 0.05) is 42.3 Å². The van der Waals surface area contributed by atoms with Crippen LogP contribution in [-0.4, -0.2) is 40.6 Å². The molecule has 0 saturated carbocycles. The molecule has 0 atom stereocenters. The van der Waals surface area contributed by atoms with Crippen LogP contribution in [0, 0.1) is 5.92 Å². The molecule has 1 aromatic carbocycles. The number of hydrogen-bond donors (Lipinski definition) is 1. The minimum atomic E-state index is -0.164. The van der Waals surface area contributed by atoms with E-state index in [4.69, 9.17) is 14.2 Å². The molecule has 1 fully saturated rings. The largest absolute Gasteiger partial charge is 0.493 e. The van der Waals surface area contributed by atoms with Crippen molar-refractivity contribution in [3.8, 4) is 17.4 Å². The first-order chi connectivity index (χ1) is 13.7. The first-order valence-electron chi connectivity index (χ1n) is 9.31. The fourth-order valence-electron chi connectivity index (χ4n) is 3.06. The predicted molar refractivity (Wildman–Crippen MR) is 113 cm³/mol. The number of benzene rings is 1. The molecule has 1 aromatic heterocycles. The standard InChI is InChI=1S/C20H24IN3O4/c1-26-18-10-15(11-22-7-4-14-5-8-27-9-6-14)2-3-17(18)28-19-13-23-16(12-24-19)20(21)25/h2-3,10,12-14,22H,4-9,11H2,1H3. The van der Waals surface area contributed by atoms with Crippen molar-refractivity contribution in [2.75, 3.05) is 26.9 Å². The summed E-state index contributed by atoms with van der Waals surface area (Å²) in [7, 11) is 1.61. The number of aromatic nitrogens is 2. The van der Waals surface area contributed by atoms with Crippen LogP contribution in [0.25, 0.3) is 0 Å². The number of nitrogens with zero attached hydrogens (tertiary/aromatic N) is 2. The Labute approximate surface area is 178 Å². The molecule has 150 valence electrons. The van der Waals surface area contributed by atoms with Crippen molar-refractivity contribution in [2.24, 2.45) is 5.92 Å². The summed E-state index contributed by atoms with van der Waals surface area (Å²) >= 11 is 1.67. The van der Waals surface area contributed by atoms with E-state index in [9.17, 15) is 4.79 Å². The van der Waals surface area contributed by atoms with Crippen molar-refractivity contribution < 1.29 is 19.0 Å². The minimum absolute atomic E-state index is 0.164. The van der Waals surface area contributed by atoms with Crippen LogP contribution in [0.15, 0.2) is 30.6 Å². The van der Waals surface area contributed by atoms with E-state index in [0.29, 0.717) is 23.1 Å². The lowest BCUT2D eigenvalue weighted by atomic mass is 9.97. The molecule has 0 unspecified atom stereocenters. The van der Waals surface area contributed by atoms with E-state index in [1.54, 1.807) is 29.7 Å². The zero-order valence-electron chi connectivity index (χ0n) is 15.8. The van der Waals surface area contributed by atoms with Crippen molar-refractivity contribution in [1.82, 2.24) is 15.3 Å². The molecule has 7 nitrogen and oxygen atoms in total. The van der Waals surface area contributed by atoms with Gasteiger partial charge in [-0.1, -0.05) is 6.07 Å². The Morgan fingerprint density at radius 3 is 2.75 bits per heavy atom. The smallest absolute Gasteiger partial charge is 0.242 e. The fraction of sp³-hybridized carbons (Fsp3) is 0.450. The lowest BCUT2D eigenvalue weighted by Gasteiger charge is -2.22. The molecule has 2 aromatic rings. The number of nitrogens with one attached hydrogen (secondary N) is 1. The first-order valence-corrected chi connectivity index (χ1v) is 10.4. The van der Waals surface area contributed by atoms with Gasteiger partial charge in [-0.25, -0.2) is 9.97 Å². The maximum absolute atomic E-state index is 11.3. The molecule has 0 bridgehead atoms. The Morgan fingerprint density at radius 2 is 2.07 bits per heavy atom. The van der Waals surface area contributed by atoms with Crippen LogP contribution in [-0.2, 0) is 11.3 Å². The molecule has 1 N–H and O–H groups in total. The maximum Gasteiger partial charge on any atom is 0.242 e. The Bertz CT molecular complexity index is 780. The summed E-state index contributed by atoms with van der Waals surface area (Å²) < 4.78 is 16.4. The van der Waals surface area contributed by atoms with Crippen LogP contribution in [0.5, 0.6) is 17.4 Å². The van der Waals surface area contributed by atoms with Crippen molar-refractivity contribution >= 4 is 26.4 Å². The Morgan fingerprint density at radius 1 is 1.25 bits per heavy atom. The summed E-state index contributed by atoms with van der Waals surface area (Å²) in [4.78, 5) is 19.4. The lowest BCUT2D eigenvalue weighted by molar-refractivity contribution is 0.0639. The molecule has 2 heterocycles. The molecule has 0 aliphatic carbocycles. The zero-order valence-corrected chi connectivity index (χ0v) is 18.0. The number of rotatable bonds is 9. The van der Waals surface area contributed by atoms with E-state index >= 15 is 0 Å². The van der Waals surface area contributed by atoms with Gasteiger partial charge in [0.25, 0.3) is 0 Å². The molecule has 0 radical (unpaired) electrons. The SMILES string of the molecule is COc1cc(CNCCC2CCOCC2)ccc1Oc1cnc(C(=O)I)cn1. The van der Waals surface area contributed by atoms with Crippen LogP contribution in [0.4, 0.5) is 0 Å². The van der Waals surface area contributed by atoms with Crippen LogP contribution in [0.2, 0.25) is 0 Å². The predicted octanol–water partition coefficient (Wildman–Crippen LogP) is 3.76. The van der Waals surface area contributed by atoms with Gasteiger partial charge in [-0.2, -0.15) is 0 Å². The second kappa shape index (κ2) is 10.7. The maximum atomic E-state index is 11.3. The summed E-state index contributed by atoms with van der Waals surface area (Å²) in [6.07, 6.45) is 6.33. The Kier molecular flexibility index (Phi) is 7.99. The van der Waals surface area contributed by atoms with Crippen molar-refractivity contribution in [1.29, 1.82) is 0 Å². The van der Waals surface area contributed by atoms with Gasteiger partial charge in [0.1, 0.15) is 5.69 Å². The normalized spacial score (nSPS) is 14.6. The summed E-state index contributed by atoms with van der Waals surface area (Å²) in [6.45, 7) is 3.55. The van der Waals surface area contributed by atoms with Gasteiger partial charge < -0.3 is 19.5 Å². The number of halogens is 1. The van der Waals surface area contributed by atoms with E-state index in [0.717, 1.165) is 50.6 Å². The van der Waals surface area contributed by atoms with Crippen LogP contribution in [0.3, 0.4) is 0 Å². The van der Waals surface area contributed by atoms with Crippen LogP contribution < -0.4 is 14.8 Å². The van der Waals surface area contributed by atoms with Gasteiger partial charge in [0.2, 0.25) is 9.67 Å². The highest BCUT2D eigenvalue weighted by Gasteiger charge is 2.13. The molecule has 0 spiro atoms. The number of hydrogen-bond acceptors (Lipinski definition) is 7. The average Bonchev–Trinajstić information content (AvgIpc) is 2.73. The first kappa shape index (κ1) is 20.9. The second-order valence-corrected chi connectivity index (χ2v) is 7.60. The second-order valence-electron chi connectivity index (χ2n) is 6.62. The van der Waals surface area contributed by atoms with Gasteiger partial charge in [-0.3, -0.25) is 4.79 Å². The molecule has 1 aliphatic heterocycles. The molecule has 0 amide bonds. The zero-order chi connectivity index (χ0) is 19.8. The summed E-state index contributed by atoms with van der Waals surface area (Å²) in [5.41, 5.74) is 1.41. The van der Waals surface area contributed by atoms with Gasteiger partial charge in [0.05, 0.1) is 19.5 Å². The van der Waals surface area contributed by atoms with E-state index in [-0.39, 0.29) is 3.79 Å². The topological polar surface area (TPSA) is 82.6 Å². The highest BCUT2D eigenvalue weighted by atomic mass is 127. The molecular formula is C20H24IN3O4. The Balaban J connectivity index is 1.53. The van der Waals surface area contributed by atoms with E-state index in [2.05, 4.69) is 15.3 Å². The number of carbonyl (C=O) groups is 1. The third-order valence-corrected chi connectivity index (χ3v) is 5.22. The summed E-state index contributed by atoms with van der Waals surface area (Å²) in [5, 5.41) is 3.49. The van der Waals surface area contributed by atoms with E-state index < -0.39 is 0 Å².